The van der Waals surface area contributed by atoms with Crippen molar-refractivity contribution in [3.05, 3.63) is 24.0 Å². The van der Waals surface area contributed by atoms with Crippen LogP contribution in [0.4, 0.5) is 0 Å². The van der Waals surface area contributed by atoms with Crippen molar-refractivity contribution in [1.29, 1.82) is 0 Å². The van der Waals surface area contributed by atoms with Crippen LogP contribution in [0.15, 0.2) is 18.3 Å². The Labute approximate surface area is 108 Å². The highest BCUT2D eigenvalue weighted by molar-refractivity contribution is 5.92. The van der Waals surface area contributed by atoms with Gasteiger partial charge < -0.3 is 15.6 Å². The number of piperidine rings is 1. The zero-order valence-corrected chi connectivity index (χ0v) is 10.9. The Morgan fingerprint density at radius 3 is 2.76 bits per heavy atom. The Morgan fingerprint density at radius 1 is 1.47 bits per heavy atom. The lowest BCUT2D eigenvalue weighted by atomic mass is 9.81. The number of halogens is 1. The minimum absolute atomic E-state index is 0. The number of aromatic nitrogens is 1. The predicted octanol–water partition coefficient (Wildman–Crippen LogP) is 1.56. The van der Waals surface area contributed by atoms with Crippen molar-refractivity contribution in [3.63, 3.8) is 0 Å². The number of carbonyl (C=O) groups excluding carboxylic acids is 1. The van der Waals surface area contributed by atoms with Gasteiger partial charge in [0.15, 0.2) is 0 Å². The Morgan fingerprint density at radius 2 is 2.18 bits per heavy atom. The maximum Gasteiger partial charge on any atom is 0.267 e. The Kier molecular flexibility index (Phi) is 5.02. The second-order valence-electron chi connectivity index (χ2n) is 4.83. The molecule has 0 unspecified atom stereocenters. The zero-order valence-electron chi connectivity index (χ0n) is 10.1. The summed E-state index contributed by atoms with van der Waals surface area (Å²) in [6.45, 7) is 5.10. The topological polar surface area (TPSA) is 56.9 Å². The predicted molar refractivity (Wildman–Crippen MR) is 70.6 cm³/mol. The monoisotopic (exact) mass is 257 g/mol. The molecule has 0 bridgehead atoms. The van der Waals surface area contributed by atoms with Crippen molar-refractivity contribution in [2.45, 2.75) is 19.8 Å². The van der Waals surface area contributed by atoms with E-state index in [1.807, 2.05) is 6.07 Å². The minimum atomic E-state index is -0.00948. The van der Waals surface area contributed by atoms with Crippen LogP contribution in [0.1, 0.15) is 30.3 Å². The van der Waals surface area contributed by atoms with Gasteiger partial charge in [-0.05, 0) is 43.5 Å². The van der Waals surface area contributed by atoms with Gasteiger partial charge in [-0.2, -0.15) is 0 Å². The molecule has 0 spiro atoms. The molecule has 1 aliphatic rings. The summed E-state index contributed by atoms with van der Waals surface area (Å²) in [5.74, 6) is -0.00948. The lowest BCUT2D eigenvalue weighted by Crippen LogP contribution is -2.42. The van der Waals surface area contributed by atoms with Crippen LogP contribution in [-0.4, -0.2) is 30.5 Å². The van der Waals surface area contributed by atoms with Gasteiger partial charge in [-0.15, -0.1) is 12.4 Å². The van der Waals surface area contributed by atoms with Crippen LogP contribution in [0.5, 0.6) is 0 Å². The van der Waals surface area contributed by atoms with E-state index in [9.17, 15) is 4.79 Å². The molecular weight excluding hydrogens is 238 g/mol. The van der Waals surface area contributed by atoms with Gasteiger partial charge in [-0.25, -0.2) is 0 Å². The second-order valence-corrected chi connectivity index (χ2v) is 4.83. The number of aromatic amines is 1. The molecule has 1 amide bonds. The van der Waals surface area contributed by atoms with Crippen LogP contribution in [0, 0.1) is 5.41 Å². The molecule has 2 heterocycles. The number of rotatable bonds is 3. The van der Waals surface area contributed by atoms with Crippen LogP contribution in [0.3, 0.4) is 0 Å². The lowest BCUT2D eigenvalue weighted by molar-refractivity contribution is 0.0918. The van der Waals surface area contributed by atoms with Crippen molar-refractivity contribution >= 4 is 18.3 Å². The van der Waals surface area contributed by atoms with Gasteiger partial charge in [-0.1, -0.05) is 6.92 Å². The fraction of sp³-hybridized carbons (Fsp3) is 0.583. The maximum absolute atomic E-state index is 11.7. The van der Waals surface area contributed by atoms with E-state index in [0.29, 0.717) is 5.69 Å². The third kappa shape index (κ3) is 3.75. The number of hydrogen-bond acceptors (Lipinski definition) is 2. The lowest BCUT2D eigenvalue weighted by Gasteiger charge is -2.34. The van der Waals surface area contributed by atoms with E-state index in [1.165, 1.54) is 0 Å². The van der Waals surface area contributed by atoms with E-state index in [0.717, 1.165) is 32.5 Å². The first-order valence-corrected chi connectivity index (χ1v) is 5.82. The van der Waals surface area contributed by atoms with Crippen molar-refractivity contribution in [2.75, 3.05) is 19.6 Å². The highest BCUT2D eigenvalue weighted by atomic mass is 35.5. The van der Waals surface area contributed by atoms with Crippen molar-refractivity contribution in [2.24, 2.45) is 5.41 Å². The molecule has 0 saturated carbocycles. The number of carbonyl (C=O) groups is 1. The standard InChI is InChI=1S/C12H19N3O.ClH/c1-12(4-7-13-8-5-12)9-15-11(16)10-3-2-6-14-10;/h2-3,6,13-14H,4-5,7-9H2,1H3,(H,15,16);1H. The first-order valence-electron chi connectivity index (χ1n) is 5.82. The molecule has 4 nitrogen and oxygen atoms in total. The van der Waals surface area contributed by atoms with E-state index < -0.39 is 0 Å². The largest absolute Gasteiger partial charge is 0.357 e. The van der Waals surface area contributed by atoms with E-state index >= 15 is 0 Å². The molecule has 2 rings (SSSR count). The molecule has 1 saturated heterocycles. The summed E-state index contributed by atoms with van der Waals surface area (Å²) < 4.78 is 0. The van der Waals surface area contributed by atoms with Crippen LogP contribution in [0.2, 0.25) is 0 Å². The first-order chi connectivity index (χ1) is 7.70. The number of hydrogen-bond donors (Lipinski definition) is 3. The molecule has 1 aromatic heterocycles. The summed E-state index contributed by atoms with van der Waals surface area (Å²) in [4.78, 5) is 14.6. The Bertz CT molecular complexity index is 345. The highest BCUT2D eigenvalue weighted by Gasteiger charge is 2.27. The first kappa shape index (κ1) is 14.1. The van der Waals surface area contributed by atoms with Gasteiger partial charge in [0.05, 0.1) is 0 Å². The van der Waals surface area contributed by atoms with E-state index in [2.05, 4.69) is 22.5 Å². The average Bonchev–Trinajstić information content (AvgIpc) is 2.80. The maximum atomic E-state index is 11.7. The third-order valence-corrected chi connectivity index (χ3v) is 3.33. The molecule has 0 aliphatic carbocycles. The molecule has 1 fully saturated rings. The molecule has 5 heteroatoms. The molecule has 0 radical (unpaired) electrons. The molecule has 0 atom stereocenters. The zero-order chi connectivity index (χ0) is 11.4. The SMILES string of the molecule is CC1(CNC(=O)c2ccc[nH]2)CCNCC1.Cl. The van der Waals surface area contributed by atoms with E-state index in [1.54, 1.807) is 12.3 Å². The Balaban J connectivity index is 0.00000144. The summed E-state index contributed by atoms with van der Waals surface area (Å²) in [5, 5.41) is 6.33. The summed E-state index contributed by atoms with van der Waals surface area (Å²) in [7, 11) is 0. The van der Waals surface area contributed by atoms with Crippen LogP contribution < -0.4 is 10.6 Å². The average molecular weight is 258 g/mol. The van der Waals surface area contributed by atoms with Gasteiger partial charge in [0.25, 0.3) is 5.91 Å². The number of H-pyrrole nitrogens is 1. The molecule has 0 aromatic carbocycles. The molecule has 1 aromatic rings. The number of amides is 1. The van der Waals surface area contributed by atoms with Crippen LogP contribution in [0.25, 0.3) is 0 Å². The molecular formula is C12H20ClN3O. The third-order valence-electron chi connectivity index (χ3n) is 3.33. The smallest absolute Gasteiger partial charge is 0.267 e. The minimum Gasteiger partial charge on any atom is -0.357 e. The van der Waals surface area contributed by atoms with E-state index in [4.69, 9.17) is 0 Å². The van der Waals surface area contributed by atoms with Gasteiger partial charge in [0.1, 0.15) is 5.69 Å². The van der Waals surface area contributed by atoms with E-state index in [-0.39, 0.29) is 23.7 Å². The quantitative estimate of drug-likeness (QED) is 0.770. The van der Waals surface area contributed by atoms with Crippen molar-refractivity contribution in [3.8, 4) is 0 Å². The van der Waals surface area contributed by atoms with Gasteiger partial charge in [-0.3, -0.25) is 4.79 Å². The fourth-order valence-electron chi connectivity index (χ4n) is 2.07. The molecule has 17 heavy (non-hydrogen) atoms. The summed E-state index contributed by atoms with van der Waals surface area (Å²) >= 11 is 0. The fourth-order valence-corrected chi connectivity index (χ4v) is 2.07. The number of nitrogens with one attached hydrogen (secondary N) is 3. The highest BCUT2D eigenvalue weighted by Crippen LogP contribution is 2.26. The van der Waals surface area contributed by atoms with Crippen molar-refractivity contribution in [1.82, 2.24) is 15.6 Å². The van der Waals surface area contributed by atoms with Gasteiger partial charge in [0, 0.05) is 12.7 Å². The van der Waals surface area contributed by atoms with Gasteiger partial charge >= 0.3 is 0 Å². The second kappa shape index (κ2) is 6.07. The normalized spacial score (nSPS) is 18.2. The Hall–Kier alpha value is -1.00. The van der Waals surface area contributed by atoms with Crippen LogP contribution in [-0.2, 0) is 0 Å². The molecule has 96 valence electrons. The van der Waals surface area contributed by atoms with Crippen molar-refractivity contribution < 1.29 is 4.79 Å². The summed E-state index contributed by atoms with van der Waals surface area (Å²) in [6, 6.07) is 3.63. The molecule has 1 aliphatic heterocycles. The summed E-state index contributed by atoms with van der Waals surface area (Å²) in [6.07, 6.45) is 4.01. The summed E-state index contributed by atoms with van der Waals surface area (Å²) in [5.41, 5.74) is 0.880. The van der Waals surface area contributed by atoms with Gasteiger partial charge in [0.2, 0.25) is 0 Å². The molecule has 3 N–H and O–H groups in total. The van der Waals surface area contributed by atoms with Crippen LogP contribution >= 0.6 is 12.4 Å².